The molecule has 0 aromatic heterocycles. The van der Waals surface area contributed by atoms with E-state index >= 15 is 0 Å². The summed E-state index contributed by atoms with van der Waals surface area (Å²) >= 11 is -2.14. The molecule has 0 aliphatic rings. The monoisotopic (exact) mass is 244 g/mol. The van der Waals surface area contributed by atoms with Crippen LogP contribution in [0.1, 0.15) is 0 Å². The standard InChI is InChI=1S/H4O7P2.O.V/c1-8(2,3)7-9(4,5)6;;/h(H2,1,2,3)(H2,4,5,6);;/q;;+1/p-1. The van der Waals surface area contributed by atoms with Crippen LogP contribution in [0.5, 0.6) is 0 Å². The molecule has 0 rings (SSSR count). The van der Waals surface area contributed by atoms with Gasteiger partial charge in [-0.15, -0.1) is 0 Å². The Morgan fingerprint density at radius 3 is 1.91 bits per heavy atom. The zero-order valence-electron chi connectivity index (χ0n) is 4.72. The summed E-state index contributed by atoms with van der Waals surface area (Å²) in [5, 5.41) is 0. The van der Waals surface area contributed by atoms with E-state index in [1.54, 1.807) is 0 Å². The van der Waals surface area contributed by atoms with Gasteiger partial charge >= 0.3 is 67.5 Å². The average Bonchev–Trinajstić information content (AvgIpc) is 1.55. The van der Waals surface area contributed by atoms with Crippen molar-refractivity contribution >= 4 is 15.6 Å². The van der Waals surface area contributed by atoms with Crippen molar-refractivity contribution in [2.24, 2.45) is 0 Å². The van der Waals surface area contributed by atoms with E-state index in [0.717, 1.165) is 0 Å². The SMILES string of the molecule is [O]=[V][O]P(=O)(O)OP(=O)(O)O. The van der Waals surface area contributed by atoms with Crippen molar-refractivity contribution in [3.05, 3.63) is 0 Å². The quantitative estimate of drug-likeness (QED) is 0.567. The van der Waals surface area contributed by atoms with Crippen molar-refractivity contribution in [3.8, 4) is 0 Å². The Hall–Kier alpha value is 0.644. The molecule has 0 aliphatic heterocycles. The fraction of sp³-hybridized carbons (Fsp3) is 0. The molecule has 0 aliphatic carbocycles. The molecule has 0 fully saturated rings. The normalized spacial score (nSPS) is 17.4. The minimum atomic E-state index is -5.08. The first-order valence-corrected chi connectivity index (χ1v) is 6.04. The van der Waals surface area contributed by atoms with Crippen LogP contribution in [0.15, 0.2) is 0 Å². The van der Waals surface area contributed by atoms with Gasteiger partial charge in [0.15, 0.2) is 0 Å². The van der Waals surface area contributed by atoms with Gasteiger partial charge in [0.2, 0.25) is 0 Å². The molecular weight excluding hydrogens is 241 g/mol. The number of hydrogen-bond donors (Lipinski definition) is 3. The van der Waals surface area contributed by atoms with Gasteiger partial charge in [-0.2, -0.15) is 0 Å². The molecule has 8 nitrogen and oxygen atoms in total. The summed E-state index contributed by atoms with van der Waals surface area (Å²) in [4.78, 5) is 24.2. The maximum absolute atomic E-state index is 10.3. The molecule has 0 radical (unpaired) electrons. The fourth-order valence-electron chi connectivity index (χ4n) is 0.191. The van der Waals surface area contributed by atoms with Crippen molar-refractivity contribution in [2.45, 2.75) is 0 Å². The summed E-state index contributed by atoms with van der Waals surface area (Å²) in [6, 6.07) is 0. The molecular formula is H3O8P2V. The second-order valence-electron chi connectivity index (χ2n) is 1.20. The van der Waals surface area contributed by atoms with Gasteiger partial charge in [-0.1, -0.05) is 0 Å². The van der Waals surface area contributed by atoms with E-state index in [1.165, 1.54) is 0 Å². The van der Waals surface area contributed by atoms with Crippen LogP contribution in [0.25, 0.3) is 0 Å². The molecule has 0 spiro atoms. The van der Waals surface area contributed by atoms with Crippen LogP contribution in [0.4, 0.5) is 0 Å². The maximum atomic E-state index is 10.3. The predicted molar refractivity (Wildman–Crippen MR) is 24.7 cm³/mol. The molecule has 1 atom stereocenters. The van der Waals surface area contributed by atoms with Gasteiger partial charge in [0.05, 0.1) is 0 Å². The number of phosphoric acid groups is 2. The molecule has 0 amide bonds. The van der Waals surface area contributed by atoms with Crippen LogP contribution in [-0.2, 0) is 37.2 Å². The third-order valence-electron chi connectivity index (χ3n) is 0.346. The average molecular weight is 244 g/mol. The van der Waals surface area contributed by atoms with E-state index < -0.39 is 32.2 Å². The Bertz CT molecular complexity index is 224. The molecule has 66 valence electrons. The molecule has 11 heavy (non-hydrogen) atoms. The summed E-state index contributed by atoms with van der Waals surface area (Å²) in [6.07, 6.45) is 0. The van der Waals surface area contributed by atoms with E-state index in [0.29, 0.717) is 0 Å². The molecule has 1 unspecified atom stereocenters. The van der Waals surface area contributed by atoms with Gasteiger partial charge in [0, 0.05) is 0 Å². The van der Waals surface area contributed by atoms with Gasteiger partial charge in [0.1, 0.15) is 0 Å². The summed E-state index contributed by atoms with van der Waals surface area (Å²) in [7, 11) is -9.93. The second kappa shape index (κ2) is 4.05. The van der Waals surface area contributed by atoms with Crippen molar-refractivity contribution in [2.75, 3.05) is 0 Å². The first-order valence-electron chi connectivity index (χ1n) is 1.88. The molecule has 0 saturated heterocycles. The van der Waals surface area contributed by atoms with Crippen LogP contribution in [0.3, 0.4) is 0 Å². The van der Waals surface area contributed by atoms with Crippen LogP contribution in [0.2, 0.25) is 0 Å². The van der Waals surface area contributed by atoms with Crippen LogP contribution in [-0.4, -0.2) is 14.7 Å². The second-order valence-corrected chi connectivity index (χ2v) is 4.93. The Morgan fingerprint density at radius 2 is 1.64 bits per heavy atom. The van der Waals surface area contributed by atoms with E-state index in [1.807, 2.05) is 0 Å². The molecule has 0 aromatic rings. The molecule has 3 N–H and O–H groups in total. The molecule has 0 saturated carbocycles. The Labute approximate surface area is 68.0 Å². The topological polar surface area (TPSA) is 130 Å². The Kier molecular flexibility index (Phi) is 4.28. The summed E-state index contributed by atoms with van der Waals surface area (Å²) in [5.41, 5.74) is 0. The fourth-order valence-corrected chi connectivity index (χ4v) is 2.28. The molecule has 0 bridgehead atoms. The van der Waals surface area contributed by atoms with Gasteiger partial charge in [-0.25, -0.2) is 0 Å². The van der Waals surface area contributed by atoms with Crippen LogP contribution < -0.4 is 0 Å². The van der Waals surface area contributed by atoms with Gasteiger partial charge < -0.3 is 0 Å². The summed E-state index contributed by atoms with van der Waals surface area (Å²) in [6.45, 7) is 0. The van der Waals surface area contributed by atoms with Crippen molar-refractivity contribution < 1.29 is 51.8 Å². The van der Waals surface area contributed by atoms with Crippen LogP contribution in [0, 0.1) is 0 Å². The minimum absolute atomic E-state index is 2.14. The zero-order valence-corrected chi connectivity index (χ0v) is 7.91. The van der Waals surface area contributed by atoms with Crippen molar-refractivity contribution in [1.82, 2.24) is 0 Å². The van der Waals surface area contributed by atoms with Crippen molar-refractivity contribution in [1.29, 1.82) is 0 Å². The number of hydrogen-bond acceptors (Lipinski definition) is 5. The van der Waals surface area contributed by atoms with E-state index in [2.05, 4.69) is 7.76 Å². The molecule has 0 heterocycles. The van der Waals surface area contributed by atoms with E-state index in [-0.39, 0.29) is 0 Å². The van der Waals surface area contributed by atoms with Crippen LogP contribution >= 0.6 is 15.6 Å². The first-order chi connectivity index (χ1) is 4.77. The Morgan fingerprint density at radius 1 is 1.18 bits per heavy atom. The number of rotatable bonds is 4. The zero-order chi connectivity index (χ0) is 9.12. The predicted octanol–water partition coefficient (Wildman–Crippen LogP) is -0.444. The van der Waals surface area contributed by atoms with E-state index in [4.69, 9.17) is 14.7 Å². The van der Waals surface area contributed by atoms with Gasteiger partial charge in [0.25, 0.3) is 0 Å². The van der Waals surface area contributed by atoms with Crippen molar-refractivity contribution in [3.63, 3.8) is 0 Å². The first kappa shape index (κ1) is 11.6. The summed E-state index contributed by atoms with van der Waals surface area (Å²) in [5.74, 6) is 0. The Balaban J connectivity index is 4.25. The van der Waals surface area contributed by atoms with Gasteiger partial charge in [-0.05, 0) is 0 Å². The van der Waals surface area contributed by atoms with E-state index in [9.17, 15) is 12.8 Å². The molecule has 11 heteroatoms. The molecule has 0 aromatic carbocycles. The van der Waals surface area contributed by atoms with Gasteiger partial charge in [-0.3, -0.25) is 0 Å². The summed E-state index contributed by atoms with van der Waals surface area (Å²) < 4.78 is 36.6. The third-order valence-corrected chi connectivity index (χ3v) is 3.57. The third kappa shape index (κ3) is 7.02.